The van der Waals surface area contributed by atoms with Crippen LogP contribution in [-0.2, 0) is 10.0 Å². The van der Waals surface area contributed by atoms with Gasteiger partial charge in [-0.15, -0.1) is 0 Å². The van der Waals surface area contributed by atoms with Gasteiger partial charge in [0.05, 0.1) is 4.90 Å². The van der Waals surface area contributed by atoms with Crippen LogP contribution in [-0.4, -0.2) is 25.5 Å². The fourth-order valence-corrected chi connectivity index (χ4v) is 5.34. The lowest BCUT2D eigenvalue weighted by atomic mass is 10.2. The molecule has 112 valence electrons. The molecule has 1 aromatic carbocycles. The molecule has 1 aliphatic carbocycles. The smallest absolute Gasteiger partial charge is 0.241 e. The molecular formula is C14H22N2O2S2. The maximum atomic E-state index is 12.5. The maximum absolute atomic E-state index is 12.5. The number of nitrogens with two attached hydrogens (primary N) is 1. The highest BCUT2D eigenvalue weighted by atomic mass is 32.2. The first-order chi connectivity index (χ1) is 9.44. The van der Waals surface area contributed by atoms with E-state index < -0.39 is 10.0 Å². The first kappa shape index (κ1) is 15.7. The lowest BCUT2D eigenvalue weighted by molar-refractivity contribution is 0.552. The SMILES string of the molecule is CCSC1CCC(NS(=O)(=O)c2cccc(N)c2C)C1. The van der Waals surface area contributed by atoms with Crippen LogP contribution in [0.25, 0.3) is 0 Å². The van der Waals surface area contributed by atoms with Crippen molar-refractivity contribution < 1.29 is 8.42 Å². The van der Waals surface area contributed by atoms with E-state index in [0.29, 0.717) is 21.4 Å². The molecule has 0 saturated heterocycles. The van der Waals surface area contributed by atoms with Gasteiger partial charge in [0, 0.05) is 17.0 Å². The van der Waals surface area contributed by atoms with Crippen LogP contribution in [0.5, 0.6) is 0 Å². The molecule has 2 atom stereocenters. The minimum absolute atomic E-state index is 0.0462. The summed E-state index contributed by atoms with van der Waals surface area (Å²) in [7, 11) is -3.47. The zero-order chi connectivity index (χ0) is 14.8. The number of anilines is 1. The number of hydrogen-bond acceptors (Lipinski definition) is 4. The predicted molar refractivity (Wildman–Crippen MR) is 85.5 cm³/mol. The zero-order valence-electron chi connectivity index (χ0n) is 11.9. The van der Waals surface area contributed by atoms with Crippen molar-refractivity contribution in [3.63, 3.8) is 0 Å². The number of thioether (sulfide) groups is 1. The fraction of sp³-hybridized carbons (Fsp3) is 0.571. The summed E-state index contributed by atoms with van der Waals surface area (Å²) in [5.74, 6) is 1.08. The molecule has 0 aromatic heterocycles. The summed E-state index contributed by atoms with van der Waals surface area (Å²) < 4.78 is 27.7. The quantitative estimate of drug-likeness (QED) is 0.819. The summed E-state index contributed by atoms with van der Waals surface area (Å²) >= 11 is 1.92. The lowest BCUT2D eigenvalue weighted by Crippen LogP contribution is -2.33. The maximum Gasteiger partial charge on any atom is 0.241 e. The molecule has 1 aromatic rings. The average Bonchev–Trinajstić information content (AvgIpc) is 2.79. The highest BCUT2D eigenvalue weighted by Crippen LogP contribution is 2.31. The third-order valence-corrected chi connectivity index (χ3v) is 6.62. The standard InChI is InChI=1S/C14H22N2O2S2/c1-3-19-12-8-7-11(9-12)16-20(17,18)14-6-4-5-13(15)10(14)2/h4-6,11-12,16H,3,7-9,15H2,1-2H3. The summed E-state index contributed by atoms with van der Waals surface area (Å²) in [6.07, 6.45) is 2.92. The zero-order valence-corrected chi connectivity index (χ0v) is 13.6. The van der Waals surface area contributed by atoms with Gasteiger partial charge in [-0.25, -0.2) is 13.1 Å². The molecule has 0 aliphatic heterocycles. The fourth-order valence-electron chi connectivity index (χ4n) is 2.64. The summed E-state index contributed by atoms with van der Waals surface area (Å²) in [6, 6.07) is 5.06. The van der Waals surface area contributed by atoms with Gasteiger partial charge in [0.2, 0.25) is 10.0 Å². The number of benzene rings is 1. The van der Waals surface area contributed by atoms with Gasteiger partial charge in [-0.2, -0.15) is 11.8 Å². The monoisotopic (exact) mass is 314 g/mol. The summed E-state index contributed by atoms with van der Waals surface area (Å²) in [6.45, 7) is 3.88. The molecule has 0 spiro atoms. The molecule has 4 nitrogen and oxygen atoms in total. The van der Waals surface area contributed by atoms with E-state index >= 15 is 0 Å². The molecule has 1 fully saturated rings. The van der Waals surface area contributed by atoms with Crippen molar-refractivity contribution >= 4 is 27.5 Å². The van der Waals surface area contributed by atoms with Crippen LogP contribution in [0.1, 0.15) is 31.7 Å². The molecule has 0 bridgehead atoms. The highest BCUT2D eigenvalue weighted by molar-refractivity contribution is 7.99. The highest BCUT2D eigenvalue weighted by Gasteiger charge is 2.29. The van der Waals surface area contributed by atoms with Crippen LogP contribution in [0.2, 0.25) is 0 Å². The second-order valence-corrected chi connectivity index (χ2v) is 8.44. The van der Waals surface area contributed by atoms with E-state index in [9.17, 15) is 8.42 Å². The Morgan fingerprint density at radius 1 is 1.40 bits per heavy atom. The molecule has 0 radical (unpaired) electrons. The van der Waals surface area contributed by atoms with Crippen LogP contribution in [0.4, 0.5) is 5.69 Å². The van der Waals surface area contributed by atoms with Gasteiger partial charge >= 0.3 is 0 Å². The van der Waals surface area contributed by atoms with Crippen molar-refractivity contribution in [2.45, 2.75) is 49.3 Å². The van der Waals surface area contributed by atoms with E-state index in [0.717, 1.165) is 25.0 Å². The first-order valence-electron chi connectivity index (χ1n) is 6.93. The van der Waals surface area contributed by atoms with Gasteiger partial charge < -0.3 is 5.73 Å². The van der Waals surface area contributed by atoms with Crippen molar-refractivity contribution in [3.05, 3.63) is 23.8 Å². The molecule has 2 unspecified atom stereocenters. The summed E-state index contributed by atoms with van der Waals surface area (Å²) in [5, 5.41) is 0.578. The van der Waals surface area contributed by atoms with Crippen LogP contribution >= 0.6 is 11.8 Å². The third-order valence-electron chi connectivity index (χ3n) is 3.72. The topological polar surface area (TPSA) is 72.2 Å². The molecule has 6 heteroatoms. The summed E-state index contributed by atoms with van der Waals surface area (Å²) in [4.78, 5) is 0.295. The van der Waals surface area contributed by atoms with Crippen molar-refractivity contribution in [2.75, 3.05) is 11.5 Å². The number of hydrogen-bond donors (Lipinski definition) is 2. The van der Waals surface area contributed by atoms with Crippen LogP contribution in [0.3, 0.4) is 0 Å². The van der Waals surface area contributed by atoms with E-state index in [1.807, 2.05) is 11.8 Å². The van der Waals surface area contributed by atoms with E-state index in [1.54, 1.807) is 25.1 Å². The van der Waals surface area contributed by atoms with Gasteiger partial charge in [-0.1, -0.05) is 13.0 Å². The van der Waals surface area contributed by atoms with Gasteiger partial charge in [-0.3, -0.25) is 0 Å². The second kappa shape index (κ2) is 6.37. The summed E-state index contributed by atoms with van der Waals surface area (Å²) in [5.41, 5.74) is 6.93. The van der Waals surface area contributed by atoms with Crippen molar-refractivity contribution in [2.24, 2.45) is 0 Å². The Morgan fingerprint density at radius 3 is 2.85 bits per heavy atom. The molecule has 20 heavy (non-hydrogen) atoms. The minimum Gasteiger partial charge on any atom is -0.398 e. The van der Waals surface area contributed by atoms with E-state index in [-0.39, 0.29) is 6.04 Å². The number of nitrogens with one attached hydrogen (secondary N) is 1. The molecular weight excluding hydrogens is 292 g/mol. The molecule has 2 rings (SSSR count). The molecule has 1 saturated carbocycles. The predicted octanol–water partition coefficient (Wildman–Crippen LogP) is 2.53. The number of rotatable bonds is 5. The molecule has 0 amide bonds. The lowest BCUT2D eigenvalue weighted by Gasteiger charge is -2.15. The minimum atomic E-state index is -3.47. The normalized spacial score (nSPS) is 23.1. The Kier molecular flexibility index (Phi) is 4.99. The van der Waals surface area contributed by atoms with Crippen LogP contribution < -0.4 is 10.5 Å². The van der Waals surface area contributed by atoms with Crippen molar-refractivity contribution in [1.82, 2.24) is 4.72 Å². The van der Waals surface area contributed by atoms with E-state index in [4.69, 9.17) is 5.73 Å². The molecule has 0 heterocycles. The Bertz CT molecular complexity index is 573. The Balaban J connectivity index is 2.10. The Morgan fingerprint density at radius 2 is 2.15 bits per heavy atom. The van der Waals surface area contributed by atoms with Gasteiger partial charge in [0.15, 0.2) is 0 Å². The average molecular weight is 314 g/mol. The van der Waals surface area contributed by atoms with Gasteiger partial charge in [-0.05, 0) is 49.6 Å². The van der Waals surface area contributed by atoms with E-state index in [2.05, 4.69) is 11.6 Å². The first-order valence-corrected chi connectivity index (χ1v) is 9.46. The van der Waals surface area contributed by atoms with Gasteiger partial charge in [0.25, 0.3) is 0 Å². The second-order valence-electron chi connectivity index (χ2n) is 5.18. The Hall–Kier alpha value is -0.720. The number of sulfonamides is 1. The van der Waals surface area contributed by atoms with Gasteiger partial charge in [0.1, 0.15) is 0 Å². The molecule has 3 N–H and O–H groups in total. The van der Waals surface area contributed by atoms with Crippen molar-refractivity contribution in [1.29, 1.82) is 0 Å². The van der Waals surface area contributed by atoms with Crippen molar-refractivity contribution in [3.8, 4) is 0 Å². The third kappa shape index (κ3) is 3.48. The number of nitrogen functional groups attached to an aromatic ring is 1. The van der Waals surface area contributed by atoms with Crippen LogP contribution in [0.15, 0.2) is 23.1 Å². The Labute approximate surface area is 125 Å². The van der Waals surface area contributed by atoms with Crippen LogP contribution in [0, 0.1) is 6.92 Å². The van der Waals surface area contributed by atoms with E-state index in [1.165, 1.54) is 0 Å². The largest absolute Gasteiger partial charge is 0.398 e. The molecule has 1 aliphatic rings.